The summed E-state index contributed by atoms with van der Waals surface area (Å²) in [6.45, 7) is 6.83. The fourth-order valence-corrected chi connectivity index (χ4v) is 4.68. The lowest BCUT2D eigenvalue weighted by Crippen LogP contribution is -2.46. The molecule has 0 unspecified atom stereocenters. The quantitative estimate of drug-likeness (QED) is 0.219. The number of pyridine rings is 1. The molecule has 0 bridgehead atoms. The van der Waals surface area contributed by atoms with Crippen LogP contribution >= 0.6 is 0 Å². The predicted octanol–water partition coefficient (Wildman–Crippen LogP) is 2.87. The van der Waals surface area contributed by atoms with Crippen LogP contribution in [0.3, 0.4) is 0 Å². The Bertz CT molecular complexity index is 1510. The summed E-state index contributed by atoms with van der Waals surface area (Å²) in [5.74, 6) is 1.51. The third kappa shape index (κ3) is 7.51. The first-order valence-electron chi connectivity index (χ1n) is 13.6. The molecule has 0 radical (unpaired) electrons. The second-order valence-electron chi connectivity index (χ2n) is 10.7. The number of fused-ring (bicyclic) bond motifs is 1. The molecule has 5 rings (SSSR count). The standard InChI is InChI=1S/C30H35N5O6/c1-30(2,32-18-22(36)19-40-25-5-3-4-24-27(25)34-29(38)33-24)16-20-6-9-23(10-7-20)41-26-11-8-21(17-31-26)28(37)35-12-14-39-15-13-35/h3-11,17,22,32,36H,12-16,18-19H2,1-2H3,(H2,33,34,38)/t22-/m0/s1. The minimum absolute atomic E-state index is 0.0557. The first kappa shape index (κ1) is 28.3. The maximum absolute atomic E-state index is 12.6. The van der Waals surface area contributed by atoms with Crippen molar-refractivity contribution in [1.82, 2.24) is 25.2 Å². The van der Waals surface area contributed by atoms with Crippen molar-refractivity contribution in [3.63, 3.8) is 0 Å². The lowest BCUT2D eigenvalue weighted by atomic mass is 9.94. The number of para-hydroxylation sites is 1. The molecule has 3 heterocycles. The van der Waals surface area contributed by atoms with Crippen LogP contribution in [0.4, 0.5) is 0 Å². The zero-order valence-corrected chi connectivity index (χ0v) is 23.2. The van der Waals surface area contributed by atoms with E-state index < -0.39 is 6.10 Å². The van der Waals surface area contributed by atoms with Gasteiger partial charge in [0.15, 0.2) is 0 Å². The summed E-state index contributed by atoms with van der Waals surface area (Å²) >= 11 is 0. The number of benzene rings is 2. The predicted molar refractivity (Wildman–Crippen MR) is 154 cm³/mol. The number of β-amino-alcohol motifs (C(OH)–C–C–N with tert-alkyl or cyclic N) is 1. The fourth-order valence-electron chi connectivity index (χ4n) is 4.68. The van der Waals surface area contributed by atoms with Gasteiger partial charge in [-0.05, 0) is 56.2 Å². The summed E-state index contributed by atoms with van der Waals surface area (Å²) in [6, 6.07) is 16.5. The van der Waals surface area contributed by atoms with Gasteiger partial charge in [-0.3, -0.25) is 4.79 Å². The molecule has 4 aromatic rings. The number of morpholine rings is 1. The van der Waals surface area contributed by atoms with Gasteiger partial charge in [0, 0.05) is 37.4 Å². The maximum Gasteiger partial charge on any atom is 0.323 e. The monoisotopic (exact) mass is 561 g/mol. The zero-order valence-electron chi connectivity index (χ0n) is 23.2. The second kappa shape index (κ2) is 12.5. The number of carbonyl (C=O) groups is 1. The van der Waals surface area contributed by atoms with Crippen molar-refractivity contribution in [1.29, 1.82) is 0 Å². The van der Waals surface area contributed by atoms with Crippen molar-refractivity contribution in [2.45, 2.75) is 31.9 Å². The van der Waals surface area contributed by atoms with E-state index >= 15 is 0 Å². The Morgan fingerprint density at radius 2 is 1.90 bits per heavy atom. The molecule has 1 amide bonds. The van der Waals surface area contributed by atoms with Gasteiger partial charge in [0.2, 0.25) is 5.88 Å². The van der Waals surface area contributed by atoms with E-state index in [1.54, 1.807) is 35.2 Å². The minimum Gasteiger partial charge on any atom is -0.489 e. The molecule has 1 atom stereocenters. The highest BCUT2D eigenvalue weighted by Crippen LogP contribution is 2.23. The molecule has 11 heteroatoms. The van der Waals surface area contributed by atoms with E-state index in [4.69, 9.17) is 14.2 Å². The molecule has 2 aromatic heterocycles. The molecule has 1 aliphatic heterocycles. The number of hydrogen-bond acceptors (Lipinski definition) is 8. The van der Waals surface area contributed by atoms with E-state index in [-0.39, 0.29) is 23.7 Å². The number of ether oxygens (including phenoxy) is 3. The van der Waals surface area contributed by atoms with Crippen LogP contribution < -0.4 is 20.5 Å². The van der Waals surface area contributed by atoms with E-state index in [1.165, 1.54) is 6.20 Å². The van der Waals surface area contributed by atoms with Crippen molar-refractivity contribution in [3.05, 3.63) is 82.4 Å². The summed E-state index contributed by atoms with van der Waals surface area (Å²) in [5.41, 5.74) is 2.26. The number of aliphatic hydroxyl groups is 1. The van der Waals surface area contributed by atoms with Gasteiger partial charge in [-0.25, -0.2) is 9.78 Å². The number of amides is 1. The smallest absolute Gasteiger partial charge is 0.323 e. The van der Waals surface area contributed by atoms with Crippen molar-refractivity contribution in [3.8, 4) is 17.4 Å². The van der Waals surface area contributed by atoms with Gasteiger partial charge < -0.3 is 39.5 Å². The van der Waals surface area contributed by atoms with E-state index in [0.29, 0.717) is 66.8 Å². The molecule has 0 saturated carbocycles. The summed E-state index contributed by atoms with van der Waals surface area (Å²) < 4.78 is 16.9. The second-order valence-corrected chi connectivity index (χ2v) is 10.7. The molecule has 41 heavy (non-hydrogen) atoms. The third-order valence-corrected chi connectivity index (χ3v) is 6.83. The molecule has 1 aliphatic rings. The first-order valence-corrected chi connectivity index (χ1v) is 13.6. The molecule has 11 nitrogen and oxygen atoms in total. The van der Waals surface area contributed by atoms with E-state index in [1.807, 2.05) is 24.3 Å². The van der Waals surface area contributed by atoms with Crippen LogP contribution in [0, 0.1) is 0 Å². The molecule has 2 aromatic carbocycles. The number of carbonyl (C=O) groups excluding carboxylic acids is 1. The molecule has 1 fully saturated rings. The highest BCUT2D eigenvalue weighted by Gasteiger charge is 2.21. The van der Waals surface area contributed by atoms with Gasteiger partial charge in [-0.15, -0.1) is 0 Å². The Labute approximate surface area is 237 Å². The lowest BCUT2D eigenvalue weighted by molar-refractivity contribution is 0.0302. The van der Waals surface area contributed by atoms with Gasteiger partial charge in [0.25, 0.3) is 5.91 Å². The molecule has 216 valence electrons. The maximum atomic E-state index is 12.6. The molecule has 1 saturated heterocycles. The van der Waals surface area contributed by atoms with Crippen LogP contribution in [0.5, 0.6) is 17.4 Å². The Kier molecular flexibility index (Phi) is 8.67. The van der Waals surface area contributed by atoms with Crippen LogP contribution in [-0.2, 0) is 11.2 Å². The minimum atomic E-state index is -0.742. The van der Waals surface area contributed by atoms with Gasteiger partial charge in [-0.1, -0.05) is 18.2 Å². The van der Waals surface area contributed by atoms with Crippen LogP contribution in [-0.4, -0.2) is 82.0 Å². The molecule has 0 spiro atoms. The summed E-state index contributed by atoms with van der Waals surface area (Å²) in [5, 5.41) is 13.9. The van der Waals surface area contributed by atoms with Crippen LogP contribution in [0.15, 0.2) is 65.6 Å². The fraction of sp³-hybridized carbons (Fsp3) is 0.367. The van der Waals surface area contributed by atoms with Gasteiger partial charge in [0.05, 0.1) is 24.3 Å². The van der Waals surface area contributed by atoms with Gasteiger partial charge in [-0.2, -0.15) is 0 Å². The van der Waals surface area contributed by atoms with Crippen molar-refractivity contribution in [2.75, 3.05) is 39.5 Å². The number of H-pyrrole nitrogens is 2. The Balaban J connectivity index is 1.08. The Morgan fingerprint density at radius 1 is 1.12 bits per heavy atom. The summed E-state index contributed by atoms with van der Waals surface area (Å²) in [7, 11) is 0. The van der Waals surface area contributed by atoms with E-state index in [9.17, 15) is 14.7 Å². The van der Waals surface area contributed by atoms with Crippen LogP contribution in [0.1, 0.15) is 29.8 Å². The Hall–Kier alpha value is -4.19. The topological polar surface area (TPSA) is 142 Å². The number of aromatic amines is 2. The number of rotatable bonds is 11. The molecular formula is C30H35N5O6. The largest absolute Gasteiger partial charge is 0.489 e. The number of aromatic nitrogens is 3. The number of nitrogens with one attached hydrogen (secondary N) is 3. The third-order valence-electron chi connectivity index (χ3n) is 6.83. The molecule has 4 N–H and O–H groups in total. The van der Waals surface area contributed by atoms with E-state index in [0.717, 1.165) is 12.0 Å². The van der Waals surface area contributed by atoms with Crippen LogP contribution in [0.25, 0.3) is 11.0 Å². The summed E-state index contributed by atoms with van der Waals surface area (Å²) in [4.78, 5) is 35.6. The number of hydrogen-bond donors (Lipinski definition) is 4. The normalized spacial score (nSPS) is 14.7. The highest BCUT2D eigenvalue weighted by molar-refractivity contribution is 5.94. The first-order chi connectivity index (χ1) is 19.8. The number of imidazole rings is 1. The zero-order chi connectivity index (χ0) is 28.8. The van der Waals surface area contributed by atoms with Gasteiger partial charge in [0.1, 0.15) is 29.7 Å². The van der Waals surface area contributed by atoms with Gasteiger partial charge >= 0.3 is 5.69 Å². The van der Waals surface area contributed by atoms with Crippen molar-refractivity contribution < 1.29 is 24.1 Å². The lowest BCUT2D eigenvalue weighted by Gasteiger charge is -2.28. The van der Waals surface area contributed by atoms with E-state index in [2.05, 4.69) is 34.1 Å². The Morgan fingerprint density at radius 3 is 2.63 bits per heavy atom. The van der Waals surface area contributed by atoms with Crippen molar-refractivity contribution in [2.24, 2.45) is 0 Å². The van der Waals surface area contributed by atoms with Crippen molar-refractivity contribution >= 4 is 16.9 Å². The average Bonchev–Trinajstić information content (AvgIpc) is 3.37. The molecule has 0 aliphatic carbocycles. The highest BCUT2D eigenvalue weighted by atomic mass is 16.5. The number of aliphatic hydroxyl groups excluding tert-OH is 1. The SMILES string of the molecule is CC(C)(Cc1ccc(Oc2ccc(C(=O)N3CCOCC3)cn2)cc1)NC[C@H](O)COc1cccc2[nH]c(=O)[nH]c12. The number of nitrogens with zero attached hydrogens (tertiary/aromatic N) is 2. The summed E-state index contributed by atoms with van der Waals surface area (Å²) in [6.07, 6.45) is 1.52. The molecular weight excluding hydrogens is 526 g/mol. The average molecular weight is 562 g/mol. The van der Waals surface area contributed by atoms with Crippen LogP contribution in [0.2, 0.25) is 0 Å².